The second-order valence-electron chi connectivity index (χ2n) is 4.76. The molecule has 2 rings (SSSR count). The van der Waals surface area contributed by atoms with Gasteiger partial charge in [-0.2, -0.15) is 0 Å². The first kappa shape index (κ1) is 15.0. The van der Waals surface area contributed by atoms with E-state index in [1.54, 1.807) is 12.1 Å². The topological polar surface area (TPSA) is 70.8 Å². The Hall–Kier alpha value is -1.43. The van der Waals surface area contributed by atoms with Gasteiger partial charge in [0.2, 0.25) is 0 Å². The van der Waals surface area contributed by atoms with Crippen molar-refractivity contribution in [3.63, 3.8) is 0 Å². The SMILES string of the molecule is CCCC1SCC(C(=O)O)N1C(=O)c1ccc(CC)o1. The quantitative estimate of drug-likeness (QED) is 0.904. The molecule has 1 aliphatic heterocycles. The molecule has 0 radical (unpaired) electrons. The first-order valence-corrected chi connectivity index (χ1v) is 7.89. The van der Waals surface area contributed by atoms with Crippen LogP contribution in [0.1, 0.15) is 43.0 Å². The summed E-state index contributed by atoms with van der Waals surface area (Å²) in [5, 5.41) is 9.20. The fraction of sp³-hybridized carbons (Fsp3) is 0.571. The molecule has 1 N–H and O–H groups in total. The largest absolute Gasteiger partial charge is 0.480 e. The smallest absolute Gasteiger partial charge is 0.327 e. The molecule has 1 fully saturated rings. The van der Waals surface area contributed by atoms with E-state index < -0.39 is 12.0 Å². The van der Waals surface area contributed by atoms with Crippen molar-refractivity contribution in [3.8, 4) is 0 Å². The Bertz CT molecular complexity index is 499. The van der Waals surface area contributed by atoms with E-state index in [1.165, 1.54) is 16.7 Å². The second kappa shape index (κ2) is 6.35. The average molecular weight is 297 g/mol. The van der Waals surface area contributed by atoms with Gasteiger partial charge in [-0.15, -0.1) is 11.8 Å². The van der Waals surface area contributed by atoms with Crippen LogP contribution in [0.15, 0.2) is 16.5 Å². The standard InChI is InChI=1S/C14H19NO4S/c1-3-5-12-15(10(8-20-12)14(17)18)13(16)11-7-6-9(4-2)19-11/h6-7,10,12H,3-5,8H2,1-2H3,(H,17,18). The highest BCUT2D eigenvalue weighted by atomic mass is 32.2. The zero-order valence-electron chi connectivity index (χ0n) is 11.7. The molecular weight excluding hydrogens is 278 g/mol. The summed E-state index contributed by atoms with van der Waals surface area (Å²) in [6.45, 7) is 3.97. The van der Waals surface area contributed by atoms with Crippen LogP contribution in [0, 0.1) is 0 Å². The fourth-order valence-corrected chi connectivity index (χ4v) is 3.82. The molecule has 0 spiro atoms. The zero-order valence-corrected chi connectivity index (χ0v) is 12.5. The summed E-state index contributed by atoms with van der Waals surface area (Å²) in [5.41, 5.74) is 0. The van der Waals surface area contributed by atoms with Crippen molar-refractivity contribution < 1.29 is 19.1 Å². The number of carboxylic acids is 1. The third kappa shape index (κ3) is 2.85. The van der Waals surface area contributed by atoms with Gasteiger partial charge in [0.1, 0.15) is 11.8 Å². The van der Waals surface area contributed by atoms with E-state index in [2.05, 4.69) is 0 Å². The fourth-order valence-electron chi connectivity index (χ4n) is 2.31. The van der Waals surface area contributed by atoms with Gasteiger partial charge >= 0.3 is 5.97 Å². The molecule has 110 valence electrons. The molecular formula is C14H19NO4S. The maximum Gasteiger partial charge on any atom is 0.327 e. The summed E-state index contributed by atoms with van der Waals surface area (Å²) in [7, 11) is 0. The van der Waals surface area contributed by atoms with Gasteiger partial charge in [-0.25, -0.2) is 4.79 Å². The van der Waals surface area contributed by atoms with E-state index in [0.717, 1.165) is 18.6 Å². The average Bonchev–Trinajstić information content (AvgIpc) is 3.04. The Labute approximate surface area is 122 Å². The number of carbonyl (C=O) groups excluding carboxylic acids is 1. The molecule has 0 aliphatic carbocycles. The predicted molar refractivity (Wildman–Crippen MR) is 76.8 cm³/mol. The molecule has 2 unspecified atom stereocenters. The van der Waals surface area contributed by atoms with Gasteiger partial charge in [0.25, 0.3) is 5.91 Å². The summed E-state index contributed by atoms with van der Waals surface area (Å²) < 4.78 is 5.47. The van der Waals surface area contributed by atoms with Crippen LogP contribution >= 0.6 is 11.8 Å². The monoisotopic (exact) mass is 297 g/mol. The van der Waals surface area contributed by atoms with Crippen molar-refractivity contribution >= 4 is 23.6 Å². The first-order chi connectivity index (χ1) is 9.58. The Balaban J connectivity index is 2.24. The number of aryl methyl sites for hydroxylation is 1. The summed E-state index contributed by atoms with van der Waals surface area (Å²) in [6, 6.07) is 2.63. The van der Waals surface area contributed by atoms with Gasteiger partial charge in [0.15, 0.2) is 5.76 Å². The van der Waals surface area contributed by atoms with Crippen LogP contribution in [0.25, 0.3) is 0 Å². The maximum atomic E-state index is 12.5. The van der Waals surface area contributed by atoms with E-state index in [4.69, 9.17) is 4.42 Å². The number of thioether (sulfide) groups is 1. The van der Waals surface area contributed by atoms with Crippen molar-refractivity contribution in [2.75, 3.05) is 5.75 Å². The summed E-state index contributed by atoms with van der Waals surface area (Å²) >= 11 is 1.53. The van der Waals surface area contributed by atoms with E-state index in [1.807, 2.05) is 13.8 Å². The van der Waals surface area contributed by atoms with E-state index in [9.17, 15) is 14.7 Å². The molecule has 2 atom stereocenters. The molecule has 2 heterocycles. The van der Waals surface area contributed by atoms with Crippen molar-refractivity contribution in [1.82, 2.24) is 4.90 Å². The number of carboxylic acid groups (broad SMARTS) is 1. The maximum absolute atomic E-state index is 12.5. The zero-order chi connectivity index (χ0) is 14.7. The summed E-state index contributed by atoms with van der Waals surface area (Å²) in [6.07, 6.45) is 2.41. The van der Waals surface area contributed by atoms with Crippen molar-refractivity contribution in [3.05, 3.63) is 23.7 Å². The van der Waals surface area contributed by atoms with E-state index in [0.29, 0.717) is 12.2 Å². The number of carbonyl (C=O) groups is 2. The number of nitrogens with zero attached hydrogens (tertiary/aromatic N) is 1. The van der Waals surface area contributed by atoms with Gasteiger partial charge in [-0.1, -0.05) is 20.3 Å². The van der Waals surface area contributed by atoms with Crippen molar-refractivity contribution in [1.29, 1.82) is 0 Å². The number of amides is 1. The van der Waals surface area contributed by atoms with Gasteiger partial charge in [0, 0.05) is 12.2 Å². The molecule has 1 saturated heterocycles. The Morgan fingerprint density at radius 2 is 2.20 bits per heavy atom. The lowest BCUT2D eigenvalue weighted by molar-refractivity contribution is -0.141. The lowest BCUT2D eigenvalue weighted by Crippen LogP contribution is -2.45. The molecule has 20 heavy (non-hydrogen) atoms. The Morgan fingerprint density at radius 3 is 2.75 bits per heavy atom. The van der Waals surface area contributed by atoms with Gasteiger partial charge in [-0.3, -0.25) is 4.79 Å². The summed E-state index contributed by atoms with van der Waals surface area (Å²) in [5.74, 6) is 0.135. The highest BCUT2D eigenvalue weighted by Gasteiger charge is 2.42. The molecule has 5 nitrogen and oxygen atoms in total. The first-order valence-electron chi connectivity index (χ1n) is 6.84. The highest BCUT2D eigenvalue weighted by molar-refractivity contribution is 8.00. The van der Waals surface area contributed by atoms with Crippen molar-refractivity contribution in [2.24, 2.45) is 0 Å². The number of hydrogen-bond donors (Lipinski definition) is 1. The van der Waals surface area contributed by atoms with Crippen LogP contribution in [0.4, 0.5) is 0 Å². The molecule has 0 bridgehead atoms. The van der Waals surface area contributed by atoms with Crippen LogP contribution in [-0.2, 0) is 11.2 Å². The minimum Gasteiger partial charge on any atom is -0.480 e. The van der Waals surface area contributed by atoms with Crippen molar-refractivity contribution in [2.45, 2.75) is 44.5 Å². The Morgan fingerprint density at radius 1 is 1.45 bits per heavy atom. The molecule has 1 aromatic rings. The van der Waals surface area contributed by atoms with E-state index >= 15 is 0 Å². The van der Waals surface area contributed by atoms with Crippen LogP contribution in [0.2, 0.25) is 0 Å². The molecule has 1 aliphatic rings. The number of hydrogen-bond acceptors (Lipinski definition) is 4. The van der Waals surface area contributed by atoms with Gasteiger partial charge in [-0.05, 0) is 18.6 Å². The van der Waals surface area contributed by atoms with Crippen LogP contribution in [0.3, 0.4) is 0 Å². The van der Waals surface area contributed by atoms with Crippen LogP contribution < -0.4 is 0 Å². The van der Waals surface area contributed by atoms with Gasteiger partial charge in [0.05, 0.1) is 5.37 Å². The second-order valence-corrected chi connectivity index (χ2v) is 5.97. The highest BCUT2D eigenvalue weighted by Crippen LogP contribution is 2.33. The Kier molecular flexibility index (Phi) is 4.75. The third-order valence-corrected chi connectivity index (χ3v) is 4.72. The molecule has 0 aromatic carbocycles. The minimum atomic E-state index is -0.952. The normalized spacial score (nSPS) is 22.2. The lowest BCUT2D eigenvalue weighted by atomic mass is 10.2. The number of rotatable bonds is 5. The third-order valence-electron chi connectivity index (χ3n) is 3.37. The molecule has 0 saturated carbocycles. The van der Waals surface area contributed by atoms with Crippen LogP contribution in [-0.4, -0.2) is 39.1 Å². The molecule has 1 aromatic heterocycles. The lowest BCUT2D eigenvalue weighted by Gasteiger charge is -2.26. The summed E-state index contributed by atoms with van der Waals surface area (Å²) in [4.78, 5) is 25.3. The van der Waals surface area contributed by atoms with E-state index in [-0.39, 0.29) is 17.0 Å². The predicted octanol–water partition coefficient (Wildman–Crippen LogP) is 2.61. The van der Waals surface area contributed by atoms with Gasteiger partial charge < -0.3 is 14.4 Å². The number of aliphatic carboxylic acids is 1. The molecule has 1 amide bonds. The number of furan rings is 1. The van der Waals surface area contributed by atoms with Crippen LogP contribution in [0.5, 0.6) is 0 Å². The molecule has 6 heteroatoms. The minimum absolute atomic E-state index is 0.0798.